The number of aromatic nitrogens is 1. The molecule has 1 amide bonds. The number of thiazole rings is 1. The van der Waals surface area contributed by atoms with Crippen LogP contribution in [0.2, 0.25) is 5.02 Å². The van der Waals surface area contributed by atoms with Crippen molar-refractivity contribution in [1.82, 2.24) is 4.57 Å². The van der Waals surface area contributed by atoms with Gasteiger partial charge in [0, 0.05) is 23.4 Å². The zero-order valence-electron chi connectivity index (χ0n) is 15.3. The van der Waals surface area contributed by atoms with Crippen molar-refractivity contribution in [2.24, 2.45) is 4.99 Å². The van der Waals surface area contributed by atoms with E-state index >= 15 is 0 Å². The van der Waals surface area contributed by atoms with Crippen molar-refractivity contribution in [2.75, 3.05) is 12.0 Å². The summed E-state index contributed by atoms with van der Waals surface area (Å²) >= 11 is 9.48. The Morgan fingerprint density at radius 1 is 1.30 bits per heavy atom. The third-order valence-electron chi connectivity index (χ3n) is 4.19. The van der Waals surface area contributed by atoms with Gasteiger partial charge >= 0.3 is 0 Å². The van der Waals surface area contributed by atoms with Gasteiger partial charge in [-0.05, 0) is 48.1 Å². The number of halogens is 1. The summed E-state index contributed by atoms with van der Waals surface area (Å²) < 4.78 is 3.30. The van der Waals surface area contributed by atoms with Crippen molar-refractivity contribution in [3.63, 3.8) is 0 Å². The van der Waals surface area contributed by atoms with Crippen LogP contribution in [0.15, 0.2) is 53.5 Å². The van der Waals surface area contributed by atoms with Crippen molar-refractivity contribution >= 4 is 56.9 Å². The molecule has 0 fully saturated rings. The van der Waals surface area contributed by atoms with Gasteiger partial charge in [0.1, 0.15) is 0 Å². The van der Waals surface area contributed by atoms with E-state index < -0.39 is 0 Å². The maximum absolute atomic E-state index is 12.4. The first-order valence-corrected chi connectivity index (χ1v) is 11.3. The minimum absolute atomic E-state index is 0.282. The van der Waals surface area contributed by atoms with Crippen molar-refractivity contribution < 1.29 is 4.79 Å². The molecule has 0 N–H and O–H groups in total. The van der Waals surface area contributed by atoms with Crippen LogP contribution in [-0.4, -0.2) is 22.5 Å². The topological polar surface area (TPSA) is 34.4 Å². The lowest BCUT2D eigenvalue weighted by Crippen LogP contribution is -2.17. The van der Waals surface area contributed by atoms with Crippen LogP contribution in [0.1, 0.15) is 18.1 Å². The van der Waals surface area contributed by atoms with Crippen LogP contribution >= 0.6 is 34.7 Å². The van der Waals surface area contributed by atoms with Crippen molar-refractivity contribution in [2.45, 2.75) is 19.9 Å². The molecule has 1 heterocycles. The van der Waals surface area contributed by atoms with E-state index in [4.69, 9.17) is 11.6 Å². The van der Waals surface area contributed by atoms with Gasteiger partial charge in [-0.3, -0.25) is 4.79 Å². The van der Waals surface area contributed by atoms with Crippen LogP contribution in [-0.2, 0) is 17.8 Å². The SMILES string of the molecule is CCc1ccc2c(c1)sc(=NC(=O)/C=C/c1ccccc1Cl)n2CCSC. The van der Waals surface area contributed by atoms with E-state index in [1.54, 1.807) is 35.2 Å². The van der Waals surface area contributed by atoms with E-state index in [0.29, 0.717) is 5.02 Å². The van der Waals surface area contributed by atoms with Crippen LogP contribution in [0.4, 0.5) is 0 Å². The van der Waals surface area contributed by atoms with Crippen molar-refractivity contribution in [3.8, 4) is 0 Å². The molecule has 2 aromatic carbocycles. The summed E-state index contributed by atoms with van der Waals surface area (Å²) in [6, 6.07) is 13.9. The molecule has 27 heavy (non-hydrogen) atoms. The van der Waals surface area contributed by atoms with Crippen LogP contribution in [0.5, 0.6) is 0 Å². The van der Waals surface area contributed by atoms with Gasteiger partial charge in [0.2, 0.25) is 0 Å². The molecule has 3 aromatic rings. The summed E-state index contributed by atoms with van der Waals surface area (Å²) in [5, 5.41) is 0.616. The van der Waals surface area contributed by atoms with Gasteiger partial charge in [-0.15, -0.1) is 0 Å². The van der Waals surface area contributed by atoms with Gasteiger partial charge in [-0.25, -0.2) is 0 Å². The summed E-state index contributed by atoms with van der Waals surface area (Å²) in [6.07, 6.45) is 6.26. The Labute approximate surface area is 172 Å². The third kappa shape index (κ3) is 4.92. The van der Waals surface area contributed by atoms with E-state index in [0.717, 1.165) is 39.3 Å². The molecular weight excluding hydrogens is 396 g/mol. The van der Waals surface area contributed by atoms with E-state index in [9.17, 15) is 4.79 Å². The minimum Gasteiger partial charge on any atom is -0.316 e. The molecule has 1 aromatic heterocycles. The first kappa shape index (κ1) is 19.9. The molecule has 0 saturated carbocycles. The molecule has 0 aliphatic heterocycles. The average molecular weight is 417 g/mol. The molecule has 0 aliphatic carbocycles. The van der Waals surface area contributed by atoms with Crippen LogP contribution in [0.3, 0.4) is 0 Å². The van der Waals surface area contributed by atoms with E-state index in [2.05, 4.69) is 40.9 Å². The summed E-state index contributed by atoms with van der Waals surface area (Å²) in [4.78, 5) is 17.5. The number of thioether (sulfide) groups is 1. The van der Waals surface area contributed by atoms with E-state index in [1.807, 2.05) is 18.2 Å². The molecule has 0 spiro atoms. The van der Waals surface area contributed by atoms with Gasteiger partial charge in [-0.2, -0.15) is 16.8 Å². The Bertz CT molecular complexity index is 1050. The largest absolute Gasteiger partial charge is 0.316 e. The number of benzene rings is 2. The lowest BCUT2D eigenvalue weighted by Gasteiger charge is -2.04. The Morgan fingerprint density at radius 3 is 2.85 bits per heavy atom. The second kappa shape index (κ2) is 9.40. The van der Waals surface area contributed by atoms with Crippen LogP contribution in [0, 0.1) is 0 Å². The van der Waals surface area contributed by atoms with Crippen LogP contribution in [0.25, 0.3) is 16.3 Å². The molecule has 0 unspecified atom stereocenters. The molecule has 140 valence electrons. The number of hydrogen-bond acceptors (Lipinski definition) is 3. The maximum atomic E-state index is 12.4. The highest BCUT2D eigenvalue weighted by atomic mass is 35.5. The second-order valence-electron chi connectivity index (χ2n) is 5.99. The molecular formula is C21H21ClN2OS2. The number of carbonyl (C=O) groups is 1. The average Bonchev–Trinajstić information content (AvgIpc) is 3.01. The number of rotatable bonds is 6. The molecule has 6 heteroatoms. The molecule has 0 bridgehead atoms. The molecule has 0 saturated heterocycles. The van der Waals surface area contributed by atoms with Crippen molar-refractivity contribution in [1.29, 1.82) is 0 Å². The fraction of sp³-hybridized carbons (Fsp3) is 0.238. The van der Waals surface area contributed by atoms with E-state index in [-0.39, 0.29) is 5.91 Å². The quantitative estimate of drug-likeness (QED) is 0.502. The Balaban J connectivity index is 1.98. The highest BCUT2D eigenvalue weighted by Gasteiger charge is 2.08. The Hall–Kier alpha value is -1.82. The standard InChI is InChI=1S/C21H21ClN2OS2/c1-3-15-8-10-18-19(14-15)27-21(24(18)12-13-26-2)23-20(25)11-9-16-6-4-5-7-17(16)22/h4-11,14H,3,12-13H2,1-2H3/b11-9+,23-21?. The predicted octanol–water partition coefficient (Wildman–Crippen LogP) is 5.42. The number of nitrogens with zero attached hydrogens (tertiary/aromatic N) is 2. The molecule has 0 radical (unpaired) electrons. The monoisotopic (exact) mass is 416 g/mol. The Kier molecular flexibility index (Phi) is 6.94. The van der Waals surface area contributed by atoms with Gasteiger partial charge in [0.15, 0.2) is 4.80 Å². The third-order valence-corrected chi connectivity index (χ3v) is 6.17. The highest BCUT2D eigenvalue weighted by molar-refractivity contribution is 7.98. The fourth-order valence-electron chi connectivity index (χ4n) is 2.72. The highest BCUT2D eigenvalue weighted by Crippen LogP contribution is 2.20. The maximum Gasteiger partial charge on any atom is 0.272 e. The van der Waals surface area contributed by atoms with Gasteiger partial charge in [0.25, 0.3) is 5.91 Å². The lowest BCUT2D eigenvalue weighted by molar-refractivity contribution is -0.113. The summed E-state index contributed by atoms with van der Waals surface area (Å²) in [5.74, 6) is 0.688. The number of hydrogen-bond donors (Lipinski definition) is 0. The number of amides is 1. The predicted molar refractivity (Wildman–Crippen MR) is 119 cm³/mol. The van der Waals surface area contributed by atoms with Crippen LogP contribution < -0.4 is 4.80 Å². The normalized spacial score (nSPS) is 12.3. The summed E-state index contributed by atoms with van der Waals surface area (Å²) in [7, 11) is 0. The number of aryl methyl sites for hydroxylation is 2. The zero-order valence-corrected chi connectivity index (χ0v) is 17.7. The molecule has 0 atom stereocenters. The van der Waals surface area contributed by atoms with Gasteiger partial charge < -0.3 is 4.57 Å². The van der Waals surface area contributed by atoms with Gasteiger partial charge in [0.05, 0.1) is 10.2 Å². The minimum atomic E-state index is -0.282. The first-order chi connectivity index (χ1) is 13.1. The van der Waals surface area contributed by atoms with Gasteiger partial charge in [-0.1, -0.05) is 54.1 Å². The van der Waals surface area contributed by atoms with E-state index in [1.165, 1.54) is 11.6 Å². The molecule has 3 nitrogen and oxygen atoms in total. The summed E-state index contributed by atoms with van der Waals surface area (Å²) in [5.41, 5.74) is 3.23. The smallest absolute Gasteiger partial charge is 0.272 e. The first-order valence-electron chi connectivity index (χ1n) is 8.75. The zero-order chi connectivity index (χ0) is 19.2. The molecule has 0 aliphatic rings. The fourth-order valence-corrected chi connectivity index (χ4v) is 4.41. The molecule has 3 rings (SSSR count). The van der Waals surface area contributed by atoms with Crippen molar-refractivity contribution in [3.05, 3.63) is 69.5 Å². The Morgan fingerprint density at radius 2 is 2.11 bits per heavy atom. The lowest BCUT2D eigenvalue weighted by atomic mass is 10.2. The second-order valence-corrected chi connectivity index (χ2v) is 8.39. The summed E-state index contributed by atoms with van der Waals surface area (Å²) in [6.45, 7) is 2.97. The number of carbonyl (C=O) groups excluding carboxylic acids is 1. The number of fused-ring (bicyclic) bond motifs is 1.